The van der Waals surface area contributed by atoms with Crippen molar-refractivity contribution < 1.29 is 24.2 Å². The number of hydrogen-bond donors (Lipinski definition) is 1. The fourth-order valence-electron chi connectivity index (χ4n) is 4.01. The summed E-state index contributed by atoms with van der Waals surface area (Å²) in [6, 6.07) is 16.9. The van der Waals surface area contributed by atoms with Gasteiger partial charge in [0.15, 0.2) is 0 Å². The van der Waals surface area contributed by atoms with Crippen molar-refractivity contribution >= 4 is 12.1 Å². The Morgan fingerprint density at radius 3 is 2.40 bits per heavy atom. The fraction of sp³-hybridized carbons (Fsp3) is 0.417. The Morgan fingerprint density at radius 1 is 1.03 bits per heavy atom. The molecule has 6 nitrogen and oxygen atoms in total. The molecular weight excluding hydrogens is 382 g/mol. The number of methoxy groups -OCH3 is 1. The number of benzene rings is 2. The average Bonchev–Trinajstić information content (AvgIpc) is 2.77. The van der Waals surface area contributed by atoms with Crippen molar-refractivity contribution in [2.45, 2.75) is 38.1 Å². The topological polar surface area (TPSA) is 76.1 Å². The predicted molar refractivity (Wildman–Crippen MR) is 114 cm³/mol. The zero-order valence-electron chi connectivity index (χ0n) is 17.3. The summed E-state index contributed by atoms with van der Waals surface area (Å²) >= 11 is 0. The summed E-state index contributed by atoms with van der Waals surface area (Å²) in [4.78, 5) is 25.8. The maximum Gasteiger partial charge on any atom is 0.415 e. The normalized spacial score (nSPS) is 18.6. The molecule has 6 heteroatoms. The molecule has 30 heavy (non-hydrogen) atoms. The number of amides is 1. The van der Waals surface area contributed by atoms with Crippen LogP contribution >= 0.6 is 0 Å². The fourth-order valence-corrected chi connectivity index (χ4v) is 4.01. The standard InChI is InChI=1S/C24H29NO5/c1-29-16-15-25(24(28)30-20-7-3-2-4-8-20)17-18-11-13-19(14-12-18)21-9-5-6-10-22(21)23(26)27/h2-4,7-8,11-14,21-22H,5-6,9-10,15-17H2,1H3,(H,26,27)/t21-,22+/m1/s1. The second-order valence-electron chi connectivity index (χ2n) is 7.67. The van der Waals surface area contributed by atoms with E-state index >= 15 is 0 Å². The summed E-state index contributed by atoms with van der Waals surface area (Å²) in [5.41, 5.74) is 2.02. The SMILES string of the molecule is COCCN(Cc1ccc([C@H]2CCCC[C@@H]2C(=O)O)cc1)C(=O)Oc1ccccc1. The molecule has 1 N–H and O–H groups in total. The highest BCUT2D eigenvalue weighted by Gasteiger charge is 2.31. The van der Waals surface area contributed by atoms with E-state index in [1.54, 1.807) is 24.1 Å². The minimum absolute atomic E-state index is 0.0536. The van der Waals surface area contributed by atoms with Crippen LogP contribution in [0.15, 0.2) is 54.6 Å². The number of rotatable bonds is 8. The second kappa shape index (κ2) is 10.8. The van der Waals surface area contributed by atoms with Crippen molar-refractivity contribution in [1.82, 2.24) is 4.90 Å². The van der Waals surface area contributed by atoms with Crippen LogP contribution < -0.4 is 4.74 Å². The highest BCUT2D eigenvalue weighted by molar-refractivity contribution is 5.72. The van der Waals surface area contributed by atoms with Crippen LogP contribution in [-0.4, -0.2) is 42.3 Å². The lowest BCUT2D eigenvalue weighted by molar-refractivity contribution is -0.143. The molecule has 0 aliphatic heterocycles. The Labute approximate surface area is 177 Å². The number of aliphatic carboxylic acids is 1. The van der Waals surface area contributed by atoms with Crippen LogP contribution in [0.25, 0.3) is 0 Å². The Bertz CT molecular complexity index is 821. The van der Waals surface area contributed by atoms with E-state index in [9.17, 15) is 14.7 Å². The number of carbonyl (C=O) groups is 2. The first-order valence-electron chi connectivity index (χ1n) is 10.4. The largest absolute Gasteiger partial charge is 0.481 e. The van der Waals surface area contributed by atoms with Gasteiger partial charge in [-0.3, -0.25) is 4.79 Å². The van der Waals surface area contributed by atoms with E-state index < -0.39 is 12.1 Å². The number of carbonyl (C=O) groups excluding carboxylic acids is 1. The summed E-state index contributed by atoms with van der Waals surface area (Å²) in [6.45, 7) is 1.21. The molecule has 0 radical (unpaired) electrons. The third kappa shape index (κ3) is 5.83. The first-order chi connectivity index (χ1) is 14.6. The van der Waals surface area contributed by atoms with Gasteiger partial charge in [0, 0.05) is 20.2 Å². The van der Waals surface area contributed by atoms with Gasteiger partial charge in [0.1, 0.15) is 5.75 Å². The van der Waals surface area contributed by atoms with Crippen LogP contribution in [0.3, 0.4) is 0 Å². The number of nitrogens with zero attached hydrogens (tertiary/aromatic N) is 1. The number of hydrogen-bond acceptors (Lipinski definition) is 4. The van der Waals surface area contributed by atoms with Gasteiger partial charge < -0.3 is 19.5 Å². The first kappa shape index (κ1) is 21.8. The number of carboxylic acids is 1. The Morgan fingerprint density at radius 2 is 1.73 bits per heavy atom. The zero-order chi connectivity index (χ0) is 21.3. The molecule has 0 bridgehead atoms. The molecule has 0 spiro atoms. The molecule has 3 rings (SSSR count). The van der Waals surface area contributed by atoms with Gasteiger partial charge in [0.25, 0.3) is 0 Å². The number of carboxylic acid groups (broad SMARTS) is 1. The lowest BCUT2D eigenvalue weighted by Gasteiger charge is -2.29. The molecular formula is C24H29NO5. The third-order valence-corrected chi connectivity index (χ3v) is 5.64. The van der Waals surface area contributed by atoms with Crippen LogP contribution in [-0.2, 0) is 16.1 Å². The van der Waals surface area contributed by atoms with Gasteiger partial charge in [0.2, 0.25) is 0 Å². The Kier molecular flexibility index (Phi) is 7.85. The van der Waals surface area contributed by atoms with Gasteiger partial charge in [-0.2, -0.15) is 0 Å². The summed E-state index contributed by atoms with van der Waals surface area (Å²) in [6.07, 6.45) is 3.24. The molecule has 160 valence electrons. The van der Waals surface area contributed by atoms with Crippen molar-refractivity contribution in [3.63, 3.8) is 0 Å². The molecule has 1 aliphatic carbocycles. The minimum atomic E-state index is -0.710. The van der Waals surface area contributed by atoms with Gasteiger partial charge in [-0.25, -0.2) is 4.79 Å². The van der Waals surface area contributed by atoms with E-state index in [1.807, 2.05) is 42.5 Å². The predicted octanol–water partition coefficient (Wildman–Crippen LogP) is 4.69. The Balaban J connectivity index is 1.68. The summed E-state index contributed by atoms with van der Waals surface area (Å²) < 4.78 is 10.6. The van der Waals surface area contributed by atoms with Gasteiger partial charge in [0.05, 0.1) is 12.5 Å². The molecule has 1 fully saturated rings. The smallest absolute Gasteiger partial charge is 0.415 e. The van der Waals surface area contributed by atoms with Crippen molar-refractivity contribution in [3.05, 3.63) is 65.7 Å². The maximum atomic E-state index is 12.6. The quantitative estimate of drug-likeness (QED) is 0.682. The monoisotopic (exact) mass is 411 g/mol. The second-order valence-corrected chi connectivity index (χ2v) is 7.67. The van der Waals surface area contributed by atoms with E-state index in [2.05, 4.69) is 0 Å². The molecule has 0 heterocycles. The van der Waals surface area contributed by atoms with Gasteiger partial charge in [-0.05, 0) is 42.0 Å². The molecule has 0 unspecified atom stereocenters. The van der Waals surface area contributed by atoms with E-state index in [0.717, 1.165) is 36.8 Å². The molecule has 1 saturated carbocycles. The van der Waals surface area contributed by atoms with Gasteiger partial charge in [-0.15, -0.1) is 0 Å². The van der Waals surface area contributed by atoms with Gasteiger partial charge >= 0.3 is 12.1 Å². The highest BCUT2D eigenvalue weighted by Crippen LogP contribution is 2.38. The minimum Gasteiger partial charge on any atom is -0.481 e. The average molecular weight is 411 g/mol. The van der Waals surface area contributed by atoms with E-state index in [4.69, 9.17) is 9.47 Å². The third-order valence-electron chi connectivity index (χ3n) is 5.64. The highest BCUT2D eigenvalue weighted by atomic mass is 16.6. The van der Waals surface area contributed by atoms with Crippen LogP contribution in [0.2, 0.25) is 0 Å². The molecule has 0 saturated heterocycles. The summed E-state index contributed by atoms with van der Waals surface area (Å²) in [5.74, 6) is -0.475. The van der Waals surface area contributed by atoms with Crippen LogP contribution in [0.5, 0.6) is 5.75 Å². The molecule has 2 aromatic carbocycles. The Hall–Kier alpha value is -2.86. The lowest BCUT2D eigenvalue weighted by Crippen LogP contribution is -2.35. The van der Waals surface area contributed by atoms with Crippen LogP contribution in [0.1, 0.15) is 42.7 Å². The molecule has 2 atom stereocenters. The van der Waals surface area contributed by atoms with Crippen molar-refractivity contribution in [2.24, 2.45) is 5.92 Å². The van der Waals surface area contributed by atoms with Crippen molar-refractivity contribution in [2.75, 3.05) is 20.3 Å². The molecule has 1 amide bonds. The summed E-state index contributed by atoms with van der Waals surface area (Å²) in [7, 11) is 1.60. The van der Waals surface area contributed by atoms with Gasteiger partial charge in [-0.1, -0.05) is 55.3 Å². The van der Waals surface area contributed by atoms with Crippen molar-refractivity contribution in [1.29, 1.82) is 0 Å². The van der Waals surface area contributed by atoms with Crippen molar-refractivity contribution in [3.8, 4) is 5.75 Å². The van der Waals surface area contributed by atoms with Crippen LogP contribution in [0.4, 0.5) is 4.79 Å². The number of ether oxygens (including phenoxy) is 2. The maximum absolute atomic E-state index is 12.6. The number of para-hydroxylation sites is 1. The molecule has 1 aliphatic rings. The van der Waals surface area contributed by atoms with Crippen LogP contribution in [0, 0.1) is 5.92 Å². The summed E-state index contributed by atoms with van der Waals surface area (Å²) in [5, 5.41) is 9.54. The first-order valence-corrected chi connectivity index (χ1v) is 10.4. The molecule has 2 aromatic rings. The molecule has 0 aromatic heterocycles. The van der Waals surface area contributed by atoms with E-state index in [-0.39, 0.29) is 11.8 Å². The van der Waals surface area contributed by atoms with E-state index in [0.29, 0.717) is 25.4 Å². The zero-order valence-corrected chi connectivity index (χ0v) is 17.3. The van der Waals surface area contributed by atoms with E-state index in [1.165, 1.54) is 0 Å². The lowest BCUT2D eigenvalue weighted by atomic mass is 9.75.